The van der Waals surface area contributed by atoms with E-state index in [1.807, 2.05) is 48.5 Å². The molecule has 122 valence electrons. The van der Waals surface area contributed by atoms with E-state index in [1.54, 1.807) is 13.2 Å². The van der Waals surface area contributed by atoms with Gasteiger partial charge in [-0.25, -0.2) is 0 Å². The van der Waals surface area contributed by atoms with Crippen molar-refractivity contribution in [1.82, 2.24) is 0 Å². The Bertz CT molecular complexity index is 630. The molecule has 5 nitrogen and oxygen atoms in total. The molecule has 0 aliphatic carbocycles. The summed E-state index contributed by atoms with van der Waals surface area (Å²) < 4.78 is 5.21. The van der Waals surface area contributed by atoms with E-state index < -0.39 is 0 Å². The first-order valence-corrected chi connectivity index (χ1v) is 7.54. The van der Waals surface area contributed by atoms with E-state index in [1.165, 1.54) is 0 Å². The highest BCUT2D eigenvalue weighted by Gasteiger charge is 2.28. The molecule has 0 unspecified atom stereocenters. The highest BCUT2D eigenvalue weighted by Crippen LogP contribution is 2.30. The zero-order chi connectivity index (χ0) is 16.7. The van der Waals surface area contributed by atoms with E-state index in [2.05, 4.69) is 0 Å². The van der Waals surface area contributed by atoms with Gasteiger partial charge in [-0.05, 0) is 35.6 Å². The van der Waals surface area contributed by atoms with Crippen molar-refractivity contribution in [2.45, 2.75) is 12.3 Å². The van der Waals surface area contributed by atoms with Crippen LogP contribution >= 0.6 is 0 Å². The number of benzene rings is 2. The van der Waals surface area contributed by atoms with E-state index in [4.69, 9.17) is 4.74 Å². The van der Waals surface area contributed by atoms with Crippen LogP contribution in [0.3, 0.4) is 0 Å². The number of ether oxygens (including phenoxy) is 1. The van der Waals surface area contributed by atoms with Crippen LogP contribution in [0.25, 0.3) is 0 Å². The van der Waals surface area contributed by atoms with Gasteiger partial charge in [0.05, 0.1) is 13.0 Å². The Morgan fingerprint density at radius 2 is 1.91 bits per heavy atom. The molecule has 1 N–H and O–H groups in total. The fraction of sp³-hybridized carbons (Fsp3) is 0.333. The normalized spacial score (nSPS) is 13.3. The minimum Gasteiger partial charge on any atom is -0.497 e. The van der Waals surface area contributed by atoms with Crippen LogP contribution in [0.2, 0.25) is 0 Å². The summed E-state index contributed by atoms with van der Waals surface area (Å²) in [6.45, 7) is -0.324. The summed E-state index contributed by atoms with van der Waals surface area (Å²) in [6, 6.07) is 17.0. The molecule has 2 atom stereocenters. The molecule has 0 saturated heterocycles. The van der Waals surface area contributed by atoms with Crippen LogP contribution in [-0.2, 0) is 6.42 Å². The second kappa shape index (κ2) is 8.29. The summed E-state index contributed by atoms with van der Waals surface area (Å²) in [5, 5.41) is 20.9. The van der Waals surface area contributed by atoms with Crippen LogP contribution in [-0.4, -0.2) is 30.3 Å². The fourth-order valence-electron chi connectivity index (χ4n) is 2.81. The molecule has 2 aromatic rings. The number of nitro groups is 1. The molecule has 0 fully saturated rings. The van der Waals surface area contributed by atoms with Crippen molar-refractivity contribution >= 4 is 0 Å². The van der Waals surface area contributed by atoms with Gasteiger partial charge < -0.3 is 9.84 Å². The first-order valence-electron chi connectivity index (χ1n) is 7.54. The number of aliphatic hydroxyl groups is 1. The minimum absolute atomic E-state index is 0.107. The van der Waals surface area contributed by atoms with Crippen LogP contribution in [0.5, 0.6) is 5.75 Å². The summed E-state index contributed by atoms with van der Waals surface area (Å²) in [4.78, 5) is 10.8. The number of methoxy groups -OCH3 is 1. The van der Waals surface area contributed by atoms with Crippen molar-refractivity contribution in [3.8, 4) is 5.75 Å². The summed E-state index contributed by atoms with van der Waals surface area (Å²) in [7, 11) is 1.56. The Kier molecular flexibility index (Phi) is 6.11. The molecule has 0 saturated carbocycles. The van der Waals surface area contributed by atoms with Crippen molar-refractivity contribution in [2.24, 2.45) is 5.92 Å². The average Bonchev–Trinajstić information content (AvgIpc) is 2.58. The lowest BCUT2D eigenvalue weighted by Gasteiger charge is -2.23. The largest absolute Gasteiger partial charge is 0.497 e. The number of aliphatic hydroxyl groups excluding tert-OH is 1. The van der Waals surface area contributed by atoms with Crippen LogP contribution < -0.4 is 4.74 Å². The Morgan fingerprint density at radius 1 is 1.17 bits per heavy atom. The smallest absolute Gasteiger partial charge is 0.211 e. The first kappa shape index (κ1) is 17.0. The van der Waals surface area contributed by atoms with Gasteiger partial charge in [0.25, 0.3) is 0 Å². The van der Waals surface area contributed by atoms with E-state index in [9.17, 15) is 15.2 Å². The van der Waals surface area contributed by atoms with E-state index in [0.717, 1.165) is 11.1 Å². The third kappa shape index (κ3) is 4.79. The third-order valence-corrected chi connectivity index (χ3v) is 4.01. The summed E-state index contributed by atoms with van der Waals surface area (Å²) >= 11 is 0. The molecular weight excluding hydrogens is 294 g/mol. The standard InChI is InChI=1S/C18H21NO4/c1-23-17-9-5-8-15(11-17)18(12-19(21)22)16(13-20)10-14-6-3-2-4-7-14/h2-9,11,16,18,20H,10,12-13H2,1H3/t16-,18+/m0/s1. The Hall–Kier alpha value is -2.40. The number of hydrogen-bond acceptors (Lipinski definition) is 4. The number of nitrogens with zero attached hydrogens (tertiary/aromatic N) is 1. The van der Waals surface area contributed by atoms with Gasteiger partial charge in [0.15, 0.2) is 0 Å². The van der Waals surface area contributed by atoms with Crippen LogP contribution in [0.1, 0.15) is 17.0 Å². The van der Waals surface area contributed by atoms with Gasteiger partial charge >= 0.3 is 0 Å². The molecule has 0 aliphatic heterocycles. The molecular formula is C18H21NO4. The molecule has 0 amide bonds. The second-order valence-electron chi connectivity index (χ2n) is 5.53. The molecule has 0 radical (unpaired) electrons. The van der Waals surface area contributed by atoms with Crippen molar-refractivity contribution in [1.29, 1.82) is 0 Å². The predicted molar refractivity (Wildman–Crippen MR) is 88.3 cm³/mol. The monoisotopic (exact) mass is 315 g/mol. The van der Waals surface area contributed by atoms with Crippen molar-refractivity contribution < 1.29 is 14.8 Å². The molecule has 23 heavy (non-hydrogen) atoms. The Morgan fingerprint density at radius 3 is 2.52 bits per heavy atom. The van der Waals surface area contributed by atoms with Gasteiger partial charge in [-0.1, -0.05) is 42.5 Å². The lowest BCUT2D eigenvalue weighted by Crippen LogP contribution is -2.26. The van der Waals surface area contributed by atoms with Gasteiger partial charge in [0, 0.05) is 11.5 Å². The highest BCUT2D eigenvalue weighted by atomic mass is 16.6. The van der Waals surface area contributed by atoms with Crippen molar-refractivity contribution in [2.75, 3.05) is 20.3 Å². The average molecular weight is 315 g/mol. The first-order chi connectivity index (χ1) is 11.1. The van der Waals surface area contributed by atoms with Crippen LogP contribution in [0.4, 0.5) is 0 Å². The third-order valence-electron chi connectivity index (χ3n) is 4.01. The lowest BCUT2D eigenvalue weighted by atomic mass is 9.82. The number of rotatable bonds is 8. The highest BCUT2D eigenvalue weighted by molar-refractivity contribution is 5.31. The quantitative estimate of drug-likeness (QED) is 0.600. The Balaban J connectivity index is 2.29. The molecule has 2 rings (SSSR count). The maximum Gasteiger partial charge on any atom is 0.211 e. The van der Waals surface area contributed by atoms with E-state index >= 15 is 0 Å². The fourth-order valence-corrected chi connectivity index (χ4v) is 2.81. The SMILES string of the molecule is COc1cccc([C@@H](C[N+](=O)[O-])[C@H](CO)Cc2ccccc2)c1. The molecule has 0 spiro atoms. The van der Waals surface area contributed by atoms with Gasteiger partial charge in [-0.2, -0.15) is 0 Å². The lowest BCUT2D eigenvalue weighted by molar-refractivity contribution is -0.485. The minimum atomic E-state index is -0.370. The topological polar surface area (TPSA) is 72.6 Å². The van der Waals surface area contributed by atoms with Gasteiger partial charge in [-0.15, -0.1) is 0 Å². The van der Waals surface area contributed by atoms with Gasteiger partial charge in [0.2, 0.25) is 6.54 Å². The molecule has 0 bridgehead atoms. The predicted octanol–water partition coefficient (Wildman–Crippen LogP) is 2.91. The summed E-state index contributed by atoms with van der Waals surface area (Å²) in [6.07, 6.45) is 0.590. The molecule has 0 heterocycles. The van der Waals surface area contributed by atoms with E-state index in [0.29, 0.717) is 12.2 Å². The number of hydrogen-bond donors (Lipinski definition) is 1. The van der Waals surface area contributed by atoms with Crippen LogP contribution in [0, 0.1) is 16.0 Å². The zero-order valence-electron chi connectivity index (χ0n) is 13.1. The molecule has 5 heteroatoms. The maximum atomic E-state index is 11.1. The maximum absolute atomic E-state index is 11.1. The second-order valence-corrected chi connectivity index (χ2v) is 5.53. The summed E-state index contributed by atoms with van der Waals surface area (Å²) in [5.74, 6) is 0.0625. The van der Waals surface area contributed by atoms with E-state index in [-0.39, 0.29) is 29.9 Å². The Labute approximate surface area is 135 Å². The summed E-state index contributed by atoms with van der Waals surface area (Å²) in [5.41, 5.74) is 1.87. The molecule has 0 aliphatic rings. The zero-order valence-corrected chi connectivity index (χ0v) is 13.1. The van der Waals surface area contributed by atoms with Gasteiger partial charge in [-0.3, -0.25) is 10.1 Å². The van der Waals surface area contributed by atoms with Crippen molar-refractivity contribution in [3.05, 3.63) is 75.8 Å². The molecule has 2 aromatic carbocycles. The molecule has 0 aromatic heterocycles. The van der Waals surface area contributed by atoms with Gasteiger partial charge in [0.1, 0.15) is 5.75 Å². The van der Waals surface area contributed by atoms with Crippen LogP contribution in [0.15, 0.2) is 54.6 Å². The van der Waals surface area contributed by atoms with Crippen molar-refractivity contribution in [3.63, 3.8) is 0 Å².